The molecule has 3 nitrogen and oxygen atoms in total. The number of carboxylic acids is 1. The predicted molar refractivity (Wildman–Crippen MR) is 51.2 cm³/mol. The van der Waals surface area contributed by atoms with Gasteiger partial charge in [0.2, 0.25) is 0 Å². The van der Waals surface area contributed by atoms with E-state index in [1.165, 1.54) is 17.8 Å². The molecule has 1 rings (SSSR count). The van der Waals surface area contributed by atoms with Crippen molar-refractivity contribution in [2.45, 2.75) is 11.3 Å². The zero-order valence-corrected chi connectivity index (χ0v) is 7.97. The van der Waals surface area contributed by atoms with Gasteiger partial charge in [0.25, 0.3) is 0 Å². The monoisotopic (exact) mass is 198 g/mol. The molecule has 0 saturated carbocycles. The lowest BCUT2D eigenvalue weighted by Gasteiger charge is -2.03. The van der Waals surface area contributed by atoms with Crippen molar-refractivity contribution in [2.75, 3.05) is 6.26 Å². The first-order valence-corrected chi connectivity index (χ1v) is 4.93. The van der Waals surface area contributed by atoms with Crippen LogP contribution in [0.1, 0.15) is 5.56 Å². The van der Waals surface area contributed by atoms with Gasteiger partial charge >= 0.3 is 5.97 Å². The Morgan fingerprint density at radius 3 is 2.77 bits per heavy atom. The van der Waals surface area contributed by atoms with E-state index in [9.17, 15) is 9.90 Å². The second-order valence-electron chi connectivity index (χ2n) is 2.58. The van der Waals surface area contributed by atoms with Crippen molar-refractivity contribution in [2.24, 2.45) is 0 Å². The Balaban J connectivity index is 2.92. The molecule has 0 aliphatic heterocycles. The third kappa shape index (κ3) is 2.66. The lowest BCUT2D eigenvalue weighted by atomic mass is 10.1. The molecule has 0 unspecified atom stereocenters. The second-order valence-corrected chi connectivity index (χ2v) is 3.42. The van der Waals surface area contributed by atoms with Crippen molar-refractivity contribution >= 4 is 17.7 Å². The highest BCUT2D eigenvalue weighted by Crippen LogP contribution is 2.27. The maximum absolute atomic E-state index is 10.4. The molecule has 0 saturated heterocycles. The lowest BCUT2D eigenvalue weighted by Crippen LogP contribution is -1.99. The van der Waals surface area contributed by atoms with Crippen LogP contribution in [-0.2, 0) is 11.2 Å². The van der Waals surface area contributed by atoms with E-state index in [0.717, 1.165) is 0 Å². The van der Waals surface area contributed by atoms with Gasteiger partial charge in [0.1, 0.15) is 5.75 Å². The highest BCUT2D eigenvalue weighted by molar-refractivity contribution is 7.98. The summed E-state index contributed by atoms with van der Waals surface area (Å²) < 4.78 is 0. The SMILES string of the molecule is CSc1cc(CC(=O)O)ccc1O. The first-order valence-electron chi connectivity index (χ1n) is 3.71. The number of phenolic OH excluding ortho intramolecular Hbond substituents is 1. The van der Waals surface area contributed by atoms with Crippen LogP contribution < -0.4 is 0 Å². The number of hydrogen-bond acceptors (Lipinski definition) is 3. The summed E-state index contributed by atoms with van der Waals surface area (Å²) >= 11 is 1.39. The van der Waals surface area contributed by atoms with Crippen molar-refractivity contribution in [3.8, 4) is 5.75 Å². The van der Waals surface area contributed by atoms with E-state index in [2.05, 4.69) is 0 Å². The summed E-state index contributed by atoms with van der Waals surface area (Å²) in [6.07, 6.45) is 1.83. The molecule has 0 radical (unpaired) electrons. The molecule has 70 valence electrons. The Morgan fingerprint density at radius 1 is 1.54 bits per heavy atom. The smallest absolute Gasteiger partial charge is 0.307 e. The number of benzene rings is 1. The quantitative estimate of drug-likeness (QED) is 0.726. The summed E-state index contributed by atoms with van der Waals surface area (Å²) in [6, 6.07) is 4.82. The van der Waals surface area contributed by atoms with Gasteiger partial charge in [0.15, 0.2) is 0 Å². The Morgan fingerprint density at radius 2 is 2.23 bits per heavy atom. The van der Waals surface area contributed by atoms with Crippen LogP contribution in [0.25, 0.3) is 0 Å². The van der Waals surface area contributed by atoms with E-state index in [1.54, 1.807) is 12.1 Å². The first-order chi connectivity index (χ1) is 6.13. The van der Waals surface area contributed by atoms with Gasteiger partial charge in [-0.25, -0.2) is 0 Å². The highest BCUT2D eigenvalue weighted by atomic mass is 32.2. The maximum Gasteiger partial charge on any atom is 0.307 e. The zero-order valence-electron chi connectivity index (χ0n) is 7.15. The number of aromatic hydroxyl groups is 1. The highest BCUT2D eigenvalue weighted by Gasteiger charge is 2.04. The fourth-order valence-electron chi connectivity index (χ4n) is 1.01. The minimum Gasteiger partial charge on any atom is -0.507 e. The second kappa shape index (κ2) is 4.18. The Bertz CT molecular complexity index is 323. The first kappa shape index (κ1) is 9.92. The normalized spacial score (nSPS) is 9.92. The van der Waals surface area contributed by atoms with Crippen LogP contribution in [0.3, 0.4) is 0 Å². The largest absolute Gasteiger partial charge is 0.507 e. The number of aliphatic carboxylic acids is 1. The molecule has 1 aromatic carbocycles. The van der Waals surface area contributed by atoms with E-state index in [4.69, 9.17) is 5.11 Å². The summed E-state index contributed by atoms with van der Waals surface area (Å²) in [4.78, 5) is 11.1. The van der Waals surface area contributed by atoms with Gasteiger partial charge < -0.3 is 10.2 Å². The molecular formula is C9H10O3S. The fourth-order valence-corrected chi connectivity index (χ4v) is 1.55. The van der Waals surface area contributed by atoms with E-state index in [1.807, 2.05) is 6.26 Å². The molecule has 0 heterocycles. The molecular weight excluding hydrogens is 188 g/mol. The van der Waals surface area contributed by atoms with Crippen molar-refractivity contribution < 1.29 is 15.0 Å². The number of hydrogen-bond donors (Lipinski definition) is 2. The topological polar surface area (TPSA) is 57.5 Å². The average molecular weight is 198 g/mol. The van der Waals surface area contributed by atoms with Crippen molar-refractivity contribution in [1.29, 1.82) is 0 Å². The van der Waals surface area contributed by atoms with Crippen LogP contribution in [0.4, 0.5) is 0 Å². The summed E-state index contributed by atoms with van der Waals surface area (Å²) in [7, 11) is 0. The summed E-state index contributed by atoms with van der Waals surface area (Å²) in [5.41, 5.74) is 0.703. The van der Waals surface area contributed by atoms with E-state index in [-0.39, 0.29) is 12.2 Å². The van der Waals surface area contributed by atoms with Gasteiger partial charge in [0, 0.05) is 4.90 Å². The molecule has 4 heteroatoms. The molecule has 0 spiro atoms. The maximum atomic E-state index is 10.4. The Labute approximate surface area is 80.4 Å². The molecule has 0 fully saturated rings. The summed E-state index contributed by atoms with van der Waals surface area (Å²) in [6.45, 7) is 0. The van der Waals surface area contributed by atoms with E-state index < -0.39 is 5.97 Å². The van der Waals surface area contributed by atoms with Gasteiger partial charge in [-0.15, -0.1) is 11.8 Å². The van der Waals surface area contributed by atoms with Crippen LogP contribution in [0.5, 0.6) is 5.75 Å². The van der Waals surface area contributed by atoms with Gasteiger partial charge in [0.05, 0.1) is 6.42 Å². The number of carbonyl (C=O) groups is 1. The molecule has 0 aliphatic carbocycles. The van der Waals surface area contributed by atoms with Crippen LogP contribution in [0.15, 0.2) is 23.1 Å². The van der Waals surface area contributed by atoms with Gasteiger partial charge in [-0.05, 0) is 24.0 Å². The van der Waals surface area contributed by atoms with Crippen molar-refractivity contribution in [1.82, 2.24) is 0 Å². The molecule has 1 aromatic rings. The van der Waals surface area contributed by atoms with E-state index >= 15 is 0 Å². The van der Waals surface area contributed by atoms with Crippen molar-refractivity contribution in [3.63, 3.8) is 0 Å². The minimum absolute atomic E-state index is 0.00611. The van der Waals surface area contributed by atoms with Gasteiger partial charge in [-0.1, -0.05) is 6.07 Å². The van der Waals surface area contributed by atoms with Crippen LogP contribution >= 0.6 is 11.8 Å². The number of phenols is 1. The fraction of sp³-hybridized carbons (Fsp3) is 0.222. The molecule has 0 amide bonds. The van der Waals surface area contributed by atoms with Crippen molar-refractivity contribution in [3.05, 3.63) is 23.8 Å². The zero-order chi connectivity index (χ0) is 9.84. The number of thioether (sulfide) groups is 1. The Kier molecular flexibility index (Phi) is 3.19. The molecule has 0 atom stereocenters. The van der Waals surface area contributed by atoms with Gasteiger partial charge in [-0.2, -0.15) is 0 Å². The predicted octanol–water partition coefficient (Wildman–Crippen LogP) is 1.74. The molecule has 13 heavy (non-hydrogen) atoms. The lowest BCUT2D eigenvalue weighted by molar-refractivity contribution is -0.136. The molecule has 0 bridgehead atoms. The standard InChI is InChI=1S/C9H10O3S/c1-13-8-4-6(5-9(11)12)2-3-7(8)10/h2-4,10H,5H2,1H3,(H,11,12). The van der Waals surface area contributed by atoms with Gasteiger partial charge in [-0.3, -0.25) is 4.79 Å². The summed E-state index contributed by atoms with van der Waals surface area (Å²) in [5.74, 6) is -0.667. The summed E-state index contributed by atoms with van der Waals surface area (Å²) in [5, 5.41) is 17.8. The number of rotatable bonds is 3. The molecule has 2 N–H and O–H groups in total. The number of carboxylic acid groups (broad SMARTS) is 1. The molecule has 0 aliphatic rings. The third-order valence-electron chi connectivity index (χ3n) is 1.60. The third-order valence-corrected chi connectivity index (χ3v) is 2.37. The minimum atomic E-state index is -0.863. The van der Waals surface area contributed by atoms with E-state index in [0.29, 0.717) is 10.5 Å². The molecule has 0 aromatic heterocycles. The van der Waals surface area contributed by atoms with Crippen LogP contribution in [-0.4, -0.2) is 22.4 Å². The average Bonchev–Trinajstić information content (AvgIpc) is 2.07. The van der Waals surface area contributed by atoms with Crippen LogP contribution in [0, 0.1) is 0 Å². The van der Waals surface area contributed by atoms with Crippen LogP contribution in [0.2, 0.25) is 0 Å². The Hall–Kier alpha value is -1.16.